The summed E-state index contributed by atoms with van der Waals surface area (Å²) >= 11 is 1.19. The number of hydrogen-bond donors (Lipinski definition) is 1. The van der Waals surface area contributed by atoms with Gasteiger partial charge < -0.3 is 0 Å². The van der Waals surface area contributed by atoms with Gasteiger partial charge >= 0.3 is 4.87 Å². The second-order valence-electron chi connectivity index (χ2n) is 3.74. The minimum Gasteiger partial charge on any atom is -0.255 e. The van der Waals surface area contributed by atoms with Gasteiger partial charge in [0.05, 0.1) is 0 Å². The first kappa shape index (κ1) is 8.46. The Morgan fingerprint density at radius 1 is 1.55 bits per heavy atom. The third-order valence-electron chi connectivity index (χ3n) is 1.16. The summed E-state index contributed by atoms with van der Waals surface area (Å²) in [7, 11) is 0. The number of hydrogen-bond acceptors (Lipinski definition) is 3. The Bertz CT molecular complexity index is 281. The van der Waals surface area contributed by atoms with Crippen LogP contribution in [0.25, 0.3) is 0 Å². The maximum absolute atomic E-state index is 10.7. The topological polar surface area (TPSA) is 45.8 Å². The van der Waals surface area contributed by atoms with Crippen LogP contribution in [0.4, 0.5) is 0 Å². The molecule has 0 bridgehead atoms. The van der Waals surface area contributed by atoms with Gasteiger partial charge in [0.2, 0.25) is 0 Å². The lowest BCUT2D eigenvalue weighted by Gasteiger charge is -2.14. The Hall–Kier alpha value is -0.640. The molecule has 0 atom stereocenters. The number of rotatable bonds is 1. The number of H-pyrrole nitrogens is 1. The van der Waals surface area contributed by atoms with Crippen LogP contribution in [0.5, 0.6) is 0 Å². The molecule has 62 valence electrons. The van der Waals surface area contributed by atoms with Crippen LogP contribution in [0.3, 0.4) is 0 Å². The molecule has 0 aliphatic heterocycles. The first-order chi connectivity index (χ1) is 4.97. The molecule has 1 heterocycles. The zero-order valence-electron chi connectivity index (χ0n) is 6.97. The molecule has 11 heavy (non-hydrogen) atoms. The SMILES string of the molecule is CC(C)(C)Cc1n[nH]c(=O)s1. The van der Waals surface area contributed by atoms with Crippen molar-refractivity contribution in [2.75, 3.05) is 0 Å². The van der Waals surface area contributed by atoms with Crippen LogP contribution in [0.1, 0.15) is 25.8 Å². The molecule has 0 saturated carbocycles. The van der Waals surface area contributed by atoms with Crippen LogP contribution in [-0.4, -0.2) is 10.2 Å². The molecular weight excluding hydrogens is 160 g/mol. The third-order valence-corrected chi connectivity index (χ3v) is 1.91. The summed E-state index contributed by atoms with van der Waals surface area (Å²) in [5.41, 5.74) is 0.206. The van der Waals surface area contributed by atoms with Gasteiger partial charge in [0, 0.05) is 6.42 Å². The van der Waals surface area contributed by atoms with Crippen molar-refractivity contribution in [3.05, 3.63) is 14.7 Å². The van der Waals surface area contributed by atoms with Gasteiger partial charge in [-0.1, -0.05) is 32.1 Å². The van der Waals surface area contributed by atoms with E-state index in [4.69, 9.17) is 0 Å². The summed E-state index contributed by atoms with van der Waals surface area (Å²) < 4.78 is 0. The van der Waals surface area contributed by atoms with Gasteiger partial charge in [-0.15, -0.1) is 0 Å². The zero-order valence-corrected chi connectivity index (χ0v) is 7.79. The summed E-state index contributed by atoms with van der Waals surface area (Å²) in [6.45, 7) is 6.37. The summed E-state index contributed by atoms with van der Waals surface area (Å²) in [6.07, 6.45) is 0.858. The number of aromatic amines is 1. The summed E-state index contributed by atoms with van der Waals surface area (Å²) in [4.78, 5) is 10.6. The first-order valence-electron chi connectivity index (χ1n) is 3.52. The van der Waals surface area contributed by atoms with Crippen molar-refractivity contribution >= 4 is 11.3 Å². The van der Waals surface area contributed by atoms with Crippen LogP contribution in [0, 0.1) is 5.41 Å². The number of aromatic nitrogens is 2. The van der Waals surface area contributed by atoms with E-state index >= 15 is 0 Å². The normalized spacial score (nSPS) is 11.9. The van der Waals surface area contributed by atoms with E-state index in [-0.39, 0.29) is 10.3 Å². The van der Waals surface area contributed by atoms with E-state index in [0.29, 0.717) is 0 Å². The fourth-order valence-corrected chi connectivity index (χ4v) is 1.69. The van der Waals surface area contributed by atoms with Gasteiger partial charge in [-0.25, -0.2) is 5.10 Å². The Morgan fingerprint density at radius 3 is 2.55 bits per heavy atom. The van der Waals surface area contributed by atoms with Crippen molar-refractivity contribution in [2.24, 2.45) is 5.41 Å². The molecule has 0 unspecified atom stereocenters. The zero-order chi connectivity index (χ0) is 8.48. The van der Waals surface area contributed by atoms with Crippen molar-refractivity contribution in [2.45, 2.75) is 27.2 Å². The predicted octanol–water partition coefficient (Wildman–Crippen LogP) is 1.42. The highest BCUT2D eigenvalue weighted by atomic mass is 32.1. The molecule has 3 nitrogen and oxygen atoms in total. The van der Waals surface area contributed by atoms with Crippen molar-refractivity contribution in [1.29, 1.82) is 0 Å². The average molecular weight is 172 g/mol. The van der Waals surface area contributed by atoms with Crippen LogP contribution in [0.15, 0.2) is 4.79 Å². The van der Waals surface area contributed by atoms with Gasteiger partial charge in [0.15, 0.2) is 0 Å². The summed E-state index contributed by atoms with van der Waals surface area (Å²) in [5, 5.41) is 7.18. The van der Waals surface area contributed by atoms with E-state index in [9.17, 15) is 4.79 Å². The molecule has 0 radical (unpaired) electrons. The van der Waals surface area contributed by atoms with Crippen LogP contribution < -0.4 is 4.87 Å². The molecule has 1 rings (SSSR count). The van der Waals surface area contributed by atoms with Gasteiger partial charge in [-0.05, 0) is 5.41 Å². The molecule has 0 spiro atoms. The third kappa shape index (κ3) is 2.84. The largest absolute Gasteiger partial charge is 0.322 e. The smallest absolute Gasteiger partial charge is 0.255 e. The van der Waals surface area contributed by atoms with Crippen molar-refractivity contribution in [3.8, 4) is 0 Å². The van der Waals surface area contributed by atoms with Crippen LogP contribution >= 0.6 is 11.3 Å². The van der Waals surface area contributed by atoms with Gasteiger partial charge in [-0.3, -0.25) is 4.79 Å². The molecule has 1 aromatic heterocycles. The Morgan fingerprint density at radius 2 is 2.18 bits per heavy atom. The highest BCUT2D eigenvalue weighted by Gasteiger charge is 2.13. The molecule has 0 fully saturated rings. The fourth-order valence-electron chi connectivity index (χ4n) is 0.790. The minimum absolute atomic E-state index is 0.0655. The van der Waals surface area contributed by atoms with E-state index in [1.54, 1.807) is 0 Å². The quantitative estimate of drug-likeness (QED) is 0.696. The molecule has 0 amide bonds. The second-order valence-corrected chi connectivity index (χ2v) is 4.79. The number of nitrogens with one attached hydrogen (secondary N) is 1. The van der Waals surface area contributed by atoms with E-state index in [1.807, 2.05) is 0 Å². The summed E-state index contributed by atoms with van der Waals surface area (Å²) in [6, 6.07) is 0. The standard InChI is InChI=1S/C7H12N2OS/c1-7(2,3)4-5-8-9-6(10)11-5/h4H2,1-3H3,(H,9,10). The van der Waals surface area contributed by atoms with Crippen LogP contribution in [0.2, 0.25) is 0 Å². The van der Waals surface area contributed by atoms with Gasteiger partial charge in [-0.2, -0.15) is 5.10 Å². The monoisotopic (exact) mass is 172 g/mol. The van der Waals surface area contributed by atoms with Gasteiger partial charge in [0.1, 0.15) is 5.01 Å². The summed E-state index contributed by atoms with van der Waals surface area (Å²) in [5.74, 6) is 0. The van der Waals surface area contributed by atoms with E-state index in [1.165, 1.54) is 11.3 Å². The first-order valence-corrected chi connectivity index (χ1v) is 4.33. The fraction of sp³-hybridized carbons (Fsp3) is 0.714. The lowest BCUT2D eigenvalue weighted by Crippen LogP contribution is -2.08. The highest BCUT2D eigenvalue weighted by Crippen LogP contribution is 2.19. The van der Waals surface area contributed by atoms with Gasteiger partial charge in [0.25, 0.3) is 0 Å². The van der Waals surface area contributed by atoms with E-state index in [0.717, 1.165) is 11.4 Å². The molecule has 1 N–H and O–H groups in total. The lowest BCUT2D eigenvalue weighted by molar-refractivity contribution is 0.409. The van der Waals surface area contributed by atoms with Crippen LogP contribution in [-0.2, 0) is 6.42 Å². The Balaban J connectivity index is 2.73. The van der Waals surface area contributed by atoms with Crippen molar-refractivity contribution in [1.82, 2.24) is 10.2 Å². The predicted molar refractivity (Wildman–Crippen MR) is 45.9 cm³/mol. The molecule has 4 heteroatoms. The van der Waals surface area contributed by atoms with Crippen molar-refractivity contribution in [3.63, 3.8) is 0 Å². The molecule has 0 aliphatic carbocycles. The Kier molecular flexibility index (Phi) is 2.13. The maximum atomic E-state index is 10.7. The molecule has 0 aromatic carbocycles. The lowest BCUT2D eigenvalue weighted by atomic mass is 9.93. The number of nitrogens with zero attached hydrogens (tertiary/aromatic N) is 1. The van der Waals surface area contributed by atoms with E-state index < -0.39 is 0 Å². The Labute approximate surface area is 69.5 Å². The highest BCUT2D eigenvalue weighted by molar-refractivity contribution is 7.08. The van der Waals surface area contributed by atoms with E-state index in [2.05, 4.69) is 31.0 Å². The molecular formula is C7H12N2OS. The average Bonchev–Trinajstić information content (AvgIpc) is 2.10. The molecule has 1 aromatic rings. The molecule has 0 aliphatic rings. The second kappa shape index (κ2) is 2.77. The minimum atomic E-state index is -0.0655. The van der Waals surface area contributed by atoms with Crippen molar-refractivity contribution < 1.29 is 0 Å². The molecule has 0 saturated heterocycles. The maximum Gasteiger partial charge on any atom is 0.322 e.